The second-order valence-corrected chi connectivity index (χ2v) is 5.33. The summed E-state index contributed by atoms with van der Waals surface area (Å²) in [4.78, 5) is 7.78. The summed E-state index contributed by atoms with van der Waals surface area (Å²) in [7, 11) is 3.19. The average molecular weight is 349 g/mol. The molecule has 0 bridgehead atoms. The van der Waals surface area contributed by atoms with Crippen LogP contribution in [0, 0.1) is 0 Å². The highest BCUT2D eigenvalue weighted by atomic mass is 79.9. The van der Waals surface area contributed by atoms with Crippen LogP contribution in [0.4, 0.5) is 0 Å². The van der Waals surface area contributed by atoms with E-state index < -0.39 is 0 Å². The Bertz CT molecular complexity index is 773. The van der Waals surface area contributed by atoms with Gasteiger partial charge in [0.15, 0.2) is 11.5 Å². The average Bonchev–Trinajstić information content (AvgIpc) is 2.91. The van der Waals surface area contributed by atoms with Crippen LogP contribution in [0.5, 0.6) is 17.2 Å². The number of aromatic amines is 1. The van der Waals surface area contributed by atoms with Crippen molar-refractivity contribution in [1.82, 2.24) is 9.97 Å². The Morgan fingerprint density at radius 3 is 2.48 bits per heavy atom. The van der Waals surface area contributed by atoms with Crippen molar-refractivity contribution in [2.45, 2.75) is 0 Å². The van der Waals surface area contributed by atoms with Crippen LogP contribution in [0.1, 0.15) is 0 Å². The first kappa shape index (κ1) is 13.8. The second-order valence-electron chi connectivity index (χ2n) is 4.48. The maximum absolute atomic E-state index is 9.56. The molecule has 0 spiro atoms. The van der Waals surface area contributed by atoms with Crippen molar-refractivity contribution >= 4 is 27.0 Å². The number of fused-ring (bicyclic) bond motifs is 1. The van der Waals surface area contributed by atoms with Gasteiger partial charge in [0.1, 0.15) is 11.6 Å². The lowest BCUT2D eigenvalue weighted by Crippen LogP contribution is -1.89. The molecule has 1 heterocycles. The first-order valence-corrected chi connectivity index (χ1v) is 7.02. The van der Waals surface area contributed by atoms with E-state index in [4.69, 9.17) is 9.47 Å². The fourth-order valence-electron chi connectivity index (χ4n) is 2.13. The fraction of sp³-hybridized carbons (Fsp3) is 0.133. The topological polar surface area (TPSA) is 67.4 Å². The third-order valence-electron chi connectivity index (χ3n) is 3.21. The van der Waals surface area contributed by atoms with Gasteiger partial charge < -0.3 is 19.6 Å². The third kappa shape index (κ3) is 2.42. The third-order valence-corrected chi connectivity index (χ3v) is 3.84. The van der Waals surface area contributed by atoms with Gasteiger partial charge in [0.25, 0.3) is 0 Å². The zero-order valence-corrected chi connectivity index (χ0v) is 13.1. The number of phenolic OH excluding ortho intramolecular Hbond substituents is 1. The van der Waals surface area contributed by atoms with E-state index >= 15 is 0 Å². The summed E-state index contributed by atoms with van der Waals surface area (Å²) >= 11 is 3.30. The Morgan fingerprint density at radius 1 is 1.10 bits per heavy atom. The Hall–Kier alpha value is -2.21. The fourth-order valence-corrected chi connectivity index (χ4v) is 2.51. The number of aromatic hydroxyl groups is 1. The molecule has 0 radical (unpaired) electrons. The van der Waals surface area contributed by atoms with Crippen molar-refractivity contribution in [1.29, 1.82) is 0 Å². The minimum absolute atomic E-state index is 0.193. The van der Waals surface area contributed by atoms with Crippen molar-refractivity contribution < 1.29 is 14.6 Å². The number of methoxy groups -OCH3 is 2. The van der Waals surface area contributed by atoms with E-state index in [1.165, 1.54) is 0 Å². The predicted molar refractivity (Wildman–Crippen MR) is 84.0 cm³/mol. The number of hydrogen-bond acceptors (Lipinski definition) is 4. The monoisotopic (exact) mass is 348 g/mol. The van der Waals surface area contributed by atoms with Crippen molar-refractivity contribution in [3.05, 3.63) is 34.8 Å². The summed E-state index contributed by atoms with van der Waals surface area (Å²) in [6.45, 7) is 0. The molecule has 2 N–H and O–H groups in total. The van der Waals surface area contributed by atoms with E-state index in [2.05, 4.69) is 25.9 Å². The van der Waals surface area contributed by atoms with Gasteiger partial charge in [0, 0.05) is 17.7 Å². The van der Waals surface area contributed by atoms with E-state index in [9.17, 15) is 5.11 Å². The van der Waals surface area contributed by atoms with Crippen molar-refractivity contribution in [2.75, 3.05) is 14.2 Å². The molecule has 0 saturated heterocycles. The van der Waals surface area contributed by atoms with Gasteiger partial charge in [-0.1, -0.05) is 0 Å². The van der Waals surface area contributed by atoms with Gasteiger partial charge in [-0.2, -0.15) is 0 Å². The van der Waals surface area contributed by atoms with Crippen molar-refractivity contribution in [3.63, 3.8) is 0 Å². The Labute approximate surface area is 129 Å². The number of nitrogens with one attached hydrogen (secondary N) is 1. The molecule has 0 amide bonds. The van der Waals surface area contributed by atoms with Gasteiger partial charge in [-0.3, -0.25) is 0 Å². The summed E-state index contributed by atoms with van der Waals surface area (Å²) in [5, 5.41) is 9.56. The van der Waals surface area contributed by atoms with E-state index in [1.54, 1.807) is 26.4 Å². The van der Waals surface area contributed by atoms with Gasteiger partial charge in [-0.15, -0.1) is 0 Å². The normalized spacial score (nSPS) is 10.8. The quantitative estimate of drug-likeness (QED) is 0.756. The van der Waals surface area contributed by atoms with Crippen LogP contribution in [0.25, 0.3) is 22.4 Å². The van der Waals surface area contributed by atoms with Crippen LogP contribution in [-0.2, 0) is 0 Å². The molecule has 0 aliphatic heterocycles. The van der Waals surface area contributed by atoms with Crippen LogP contribution in [0.15, 0.2) is 34.8 Å². The number of H-pyrrole nitrogens is 1. The summed E-state index contributed by atoms with van der Waals surface area (Å²) < 4.78 is 11.2. The number of halogens is 1. The smallest absolute Gasteiger partial charge is 0.163 e. The van der Waals surface area contributed by atoms with E-state index in [1.807, 2.05) is 18.2 Å². The molecule has 6 heteroatoms. The predicted octanol–water partition coefficient (Wildman–Crippen LogP) is 3.72. The number of rotatable bonds is 3. The Kier molecular flexibility index (Phi) is 3.47. The molecule has 0 aliphatic rings. The van der Waals surface area contributed by atoms with Gasteiger partial charge in [0.2, 0.25) is 0 Å². The number of ether oxygens (including phenoxy) is 2. The first-order valence-electron chi connectivity index (χ1n) is 6.23. The van der Waals surface area contributed by atoms with Crippen LogP contribution < -0.4 is 9.47 Å². The standard InChI is InChI=1S/C15H13BrN2O3/c1-20-13-6-10-11(7-14(13)21-2)18-15(17-10)8-3-4-12(19)9(16)5-8/h3-7,19H,1-2H3,(H,17,18). The maximum Gasteiger partial charge on any atom is 0.163 e. The first-order chi connectivity index (χ1) is 10.1. The zero-order valence-electron chi connectivity index (χ0n) is 11.5. The Morgan fingerprint density at radius 2 is 1.81 bits per heavy atom. The maximum atomic E-state index is 9.56. The summed E-state index contributed by atoms with van der Waals surface area (Å²) in [6, 6.07) is 8.89. The number of phenols is 1. The van der Waals surface area contributed by atoms with Gasteiger partial charge in [-0.25, -0.2) is 4.98 Å². The molecule has 1 aromatic heterocycles. The number of nitrogens with zero attached hydrogens (tertiary/aromatic N) is 1. The minimum Gasteiger partial charge on any atom is -0.507 e. The minimum atomic E-state index is 0.193. The molecule has 0 saturated carbocycles. The summed E-state index contributed by atoms with van der Waals surface area (Å²) in [6.07, 6.45) is 0. The van der Waals surface area contributed by atoms with Crippen LogP contribution in [-0.4, -0.2) is 29.3 Å². The number of hydrogen-bond donors (Lipinski definition) is 2. The van der Waals surface area contributed by atoms with Crippen molar-refractivity contribution in [3.8, 4) is 28.6 Å². The molecular formula is C15H13BrN2O3. The highest BCUT2D eigenvalue weighted by molar-refractivity contribution is 9.10. The molecule has 3 rings (SSSR count). The van der Waals surface area contributed by atoms with Crippen LogP contribution in [0.2, 0.25) is 0 Å². The second kappa shape index (κ2) is 5.29. The molecule has 0 unspecified atom stereocenters. The number of imidazole rings is 1. The molecule has 2 aromatic carbocycles. The highest BCUT2D eigenvalue weighted by Gasteiger charge is 2.11. The lowest BCUT2D eigenvalue weighted by molar-refractivity contribution is 0.356. The lowest BCUT2D eigenvalue weighted by Gasteiger charge is -2.06. The van der Waals surface area contributed by atoms with E-state index in [0.717, 1.165) is 16.6 Å². The lowest BCUT2D eigenvalue weighted by atomic mass is 10.2. The molecule has 5 nitrogen and oxygen atoms in total. The van der Waals surface area contributed by atoms with Gasteiger partial charge in [0.05, 0.1) is 29.7 Å². The van der Waals surface area contributed by atoms with Crippen LogP contribution >= 0.6 is 15.9 Å². The van der Waals surface area contributed by atoms with Crippen molar-refractivity contribution in [2.24, 2.45) is 0 Å². The zero-order chi connectivity index (χ0) is 15.0. The molecule has 0 atom stereocenters. The molecular weight excluding hydrogens is 336 g/mol. The largest absolute Gasteiger partial charge is 0.507 e. The molecule has 0 fully saturated rings. The molecule has 21 heavy (non-hydrogen) atoms. The highest BCUT2D eigenvalue weighted by Crippen LogP contribution is 2.34. The Balaban J connectivity index is 2.14. The van der Waals surface area contributed by atoms with Crippen LogP contribution in [0.3, 0.4) is 0 Å². The van der Waals surface area contributed by atoms with Gasteiger partial charge in [-0.05, 0) is 34.1 Å². The summed E-state index contributed by atoms with van der Waals surface area (Å²) in [5.74, 6) is 2.18. The molecule has 0 aliphatic carbocycles. The molecule has 3 aromatic rings. The van der Waals surface area contributed by atoms with Gasteiger partial charge >= 0.3 is 0 Å². The van der Waals surface area contributed by atoms with E-state index in [0.29, 0.717) is 21.8 Å². The number of benzene rings is 2. The summed E-state index contributed by atoms with van der Waals surface area (Å²) in [5.41, 5.74) is 2.51. The number of aromatic nitrogens is 2. The molecule has 108 valence electrons. The van der Waals surface area contributed by atoms with E-state index in [-0.39, 0.29) is 5.75 Å². The SMILES string of the molecule is COc1cc2nc(-c3ccc(O)c(Br)c3)[nH]c2cc1OC.